The quantitative estimate of drug-likeness (QED) is 0.624. The first kappa shape index (κ1) is 11.4. The molecule has 0 aliphatic heterocycles. The lowest BCUT2D eigenvalue weighted by molar-refractivity contribution is 0.459. The molecular weight excluding hydrogens is 220 g/mol. The fourth-order valence-electron chi connectivity index (χ4n) is 2.94. The molecular formula is C16H18N2. The van der Waals surface area contributed by atoms with Gasteiger partial charge >= 0.3 is 0 Å². The molecule has 3 rings (SSSR count). The summed E-state index contributed by atoms with van der Waals surface area (Å²) in [5.41, 5.74) is 4.13. The van der Waals surface area contributed by atoms with Gasteiger partial charge in [-0.15, -0.1) is 12.3 Å². The predicted molar refractivity (Wildman–Crippen MR) is 75.4 cm³/mol. The van der Waals surface area contributed by atoms with E-state index >= 15 is 0 Å². The van der Waals surface area contributed by atoms with E-state index in [1.807, 2.05) is 0 Å². The van der Waals surface area contributed by atoms with Crippen molar-refractivity contribution in [1.82, 2.24) is 10.3 Å². The van der Waals surface area contributed by atoms with Crippen molar-refractivity contribution in [3.8, 4) is 12.3 Å². The molecule has 18 heavy (non-hydrogen) atoms. The number of terminal acetylenes is 1. The summed E-state index contributed by atoms with van der Waals surface area (Å²) in [6.07, 6.45) is 9.74. The van der Waals surface area contributed by atoms with Crippen molar-refractivity contribution in [2.45, 2.75) is 31.7 Å². The number of aryl methyl sites for hydroxylation is 1. The Bertz CT molecular complexity index is 589. The van der Waals surface area contributed by atoms with Gasteiger partial charge in [0.1, 0.15) is 0 Å². The van der Waals surface area contributed by atoms with Crippen LogP contribution < -0.4 is 5.32 Å². The number of H-pyrrole nitrogens is 1. The Morgan fingerprint density at radius 1 is 1.39 bits per heavy atom. The van der Waals surface area contributed by atoms with Crippen molar-refractivity contribution in [3.05, 3.63) is 35.5 Å². The molecule has 2 aromatic rings. The van der Waals surface area contributed by atoms with E-state index in [4.69, 9.17) is 6.42 Å². The van der Waals surface area contributed by atoms with Gasteiger partial charge in [0, 0.05) is 35.6 Å². The number of para-hydroxylation sites is 1. The van der Waals surface area contributed by atoms with Gasteiger partial charge in [-0.25, -0.2) is 0 Å². The summed E-state index contributed by atoms with van der Waals surface area (Å²) in [6, 6.07) is 9.02. The number of aromatic nitrogens is 1. The molecule has 0 amide bonds. The predicted octanol–water partition coefficient (Wildman–Crippen LogP) is 3.16. The molecule has 0 spiro atoms. The summed E-state index contributed by atoms with van der Waals surface area (Å²) in [7, 11) is 0. The molecule has 1 aromatic carbocycles. The van der Waals surface area contributed by atoms with Crippen LogP contribution in [0.1, 0.15) is 36.6 Å². The van der Waals surface area contributed by atoms with Gasteiger partial charge in [-0.2, -0.15) is 0 Å². The monoisotopic (exact) mass is 238 g/mol. The second-order valence-electron chi connectivity index (χ2n) is 4.92. The van der Waals surface area contributed by atoms with Crippen LogP contribution in [0, 0.1) is 12.3 Å². The van der Waals surface area contributed by atoms with Crippen LogP contribution in [0.4, 0.5) is 0 Å². The zero-order valence-corrected chi connectivity index (χ0v) is 10.5. The Morgan fingerprint density at radius 3 is 3.17 bits per heavy atom. The normalized spacial score (nSPS) is 18.5. The topological polar surface area (TPSA) is 27.8 Å². The first-order chi connectivity index (χ1) is 8.90. The highest BCUT2D eigenvalue weighted by Gasteiger charge is 2.23. The number of benzene rings is 1. The first-order valence-corrected chi connectivity index (χ1v) is 6.66. The van der Waals surface area contributed by atoms with E-state index in [2.05, 4.69) is 40.5 Å². The van der Waals surface area contributed by atoms with Crippen molar-refractivity contribution in [1.29, 1.82) is 0 Å². The van der Waals surface area contributed by atoms with Gasteiger partial charge in [0.15, 0.2) is 0 Å². The maximum absolute atomic E-state index is 5.30. The van der Waals surface area contributed by atoms with Crippen molar-refractivity contribution < 1.29 is 0 Å². The fraction of sp³-hybridized carbons (Fsp3) is 0.375. The molecule has 2 nitrogen and oxygen atoms in total. The van der Waals surface area contributed by atoms with Crippen LogP contribution in [0.25, 0.3) is 10.9 Å². The van der Waals surface area contributed by atoms with Crippen LogP contribution in [-0.2, 0) is 6.42 Å². The van der Waals surface area contributed by atoms with E-state index in [9.17, 15) is 0 Å². The molecule has 1 unspecified atom stereocenters. The maximum Gasteiger partial charge on any atom is 0.0476 e. The molecule has 2 heteroatoms. The number of aromatic amines is 1. The highest BCUT2D eigenvalue weighted by Crippen LogP contribution is 2.34. The minimum Gasteiger partial charge on any atom is -0.357 e. The molecule has 1 aliphatic carbocycles. The fourth-order valence-corrected chi connectivity index (χ4v) is 2.94. The summed E-state index contributed by atoms with van der Waals surface area (Å²) in [4.78, 5) is 3.58. The lowest BCUT2D eigenvalue weighted by atomic mass is 9.91. The van der Waals surface area contributed by atoms with Gasteiger partial charge in [0.25, 0.3) is 0 Å². The SMILES string of the molecule is C#CCCNC1CCCc2c1[nH]c1ccccc21. The third-order valence-electron chi connectivity index (χ3n) is 3.77. The van der Waals surface area contributed by atoms with Gasteiger partial charge < -0.3 is 10.3 Å². The number of hydrogen-bond acceptors (Lipinski definition) is 1. The lowest BCUT2D eigenvalue weighted by Gasteiger charge is -2.23. The van der Waals surface area contributed by atoms with Gasteiger partial charge in [-0.3, -0.25) is 0 Å². The van der Waals surface area contributed by atoms with Crippen molar-refractivity contribution in [2.24, 2.45) is 0 Å². The lowest BCUT2D eigenvalue weighted by Crippen LogP contribution is -2.25. The van der Waals surface area contributed by atoms with Crippen molar-refractivity contribution in [2.75, 3.05) is 6.54 Å². The molecule has 0 fully saturated rings. The second kappa shape index (κ2) is 4.88. The highest BCUT2D eigenvalue weighted by molar-refractivity contribution is 5.85. The number of hydrogen-bond donors (Lipinski definition) is 2. The smallest absolute Gasteiger partial charge is 0.0476 e. The molecule has 1 aliphatic rings. The van der Waals surface area contributed by atoms with E-state index in [-0.39, 0.29) is 0 Å². The summed E-state index contributed by atoms with van der Waals surface area (Å²) in [5, 5.41) is 4.95. The molecule has 2 N–H and O–H groups in total. The van der Waals surface area contributed by atoms with E-state index in [0.29, 0.717) is 6.04 Å². The Kier molecular flexibility index (Phi) is 3.08. The van der Waals surface area contributed by atoms with Crippen LogP contribution >= 0.6 is 0 Å². The van der Waals surface area contributed by atoms with Gasteiger partial charge in [-0.1, -0.05) is 18.2 Å². The molecule has 0 saturated carbocycles. The minimum atomic E-state index is 0.439. The van der Waals surface area contributed by atoms with Gasteiger partial charge in [-0.05, 0) is 30.9 Å². The molecule has 1 aromatic heterocycles. The number of nitrogens with one attached hydrogen (secondary N) is 2. The molecule has 0 saturated heterocycles. The first-order valence-electron chi connectivity index (χ1n) is 6.66. The number of rotatable bonds is 3. The molecule has 92 valence electrons. The molecule has 1 heterocycles. The third-order valence-corrected chi connectivity index (χ3v) is 3.77. The summed E-state index contributed by atoms with van der Waals surface area (Å²) in [6.45, 7) is 0.899. The van der Waals surface area contributed by atoms with Gasteiger partial charge in [0.05, 0.1) is 0 Å². The average Bonchev–Trinajstić information content (AvgIpc) is 2.79. The zero-order valence-electron chi connectivity index (χ0n) is 10.5. The van der Waals surface area contributed by atoms with Gasteiger partial charge in [0.2, 0.25) is 0 Å². The van der Waals surface area contributed by atoms with Crippen LogP contribution in [0.2, 0.25) is 0 Å². The highest BCUT2D eigenvalue weighted by atomic mass is 14.9. The molecule has 1 atom stereocenters. The third kappa shape index (κ3) is 1.91. The standard InChI is InChI=1S/C16H18N2/c1-2-3-11-17-15-10-6-8-13-12-7-4-5-9-14(12)18-16(13)15/h1,4-5,7,9,15,17-18H,3,6,8,10-11H2. The Labute approximate surface area is 108 Å². The molecule has 0 bridgehead atoms. The largest absolute Gasteiger partial charge is 0.357 e. The van der Waals surface area contributed by atoms with E-state index in [1.165, 1.54) is 41.4 Å². The minimum absolute atomic E-state index is 0.439. The Morgan fingerprint density at radius 2 is 2.28 bits per heavy atom. The summed E-state index contributed by atoms with van der Waals surface area (Å²) < 4.78 is 0. The van der Waals surface area contributed by atoms with Crippen molar-refractivity contribution >= 4 is 10.9 Å². The Hall–Kier alpha value is -1.72. The Balaban J connectivity index is 1.93. The van der Waals surface area contributed by atoms with Crippen LogP contribution in [0.3, 0.4) is 0 Å². The van der Waals surface area contributed by atoms with E-state index < -0.39 is 0 Å². The van der Waals surface area contributed by atoms with Crippen LogP contribution in [0.5, 0.6) is 0 Å². The van der Waals surface area contributed by atoms with E-state index in [1.54, 1.807) is 0 Å². The van der Waals surface area contributed by atoms with Crippen LogP contribution in [0.15, 0.2) is 24.3 Å². The average molecular weight is 238 g/mol. The summed E-state index contributed by atoms with van der Waals surface area (Å²) in [5.74, 6) is 2.69. The molecule has 0 radical (unpaired) electrons. The second-order valence-corrected chi connectivity index (χ2v) is 4.92. The summed E-state index contributed by atoms with van der Waals surface area (Å²) >= 11 is 0. The number of fused-ring (bicyclic) bond motifs is 3. The van der Waals surface area contributed by atoms with Crippen LogP contribution in [-0.4, -0.2) is 11.5 Å². The maximum atomic E-state index is 5.30. The van der Waals surface area contributed by atoms with E-state index in [0.717, 1.165) is 13.0 Å². The zero-order chi connectivity index (χ0) is 12.4. The van der Waals surface area contributed by atoms with Crippen molar-refractivity contribution in [3.63, 3.8) is 0 Å².